The number of benzene rings is 1. The van der Waals surface area contributed by atoms with Crippen molar-refractivity contribution in [3.05, 3.63) is 35.9 Å². The SMILES string of the molecule is O=C(CCl)O/N=C(/Cl)c1ccccc1. The molecule has 14 heavy (non-hydrogen) atoms. The second-order valence-corrected chi connectivity index (χ2v) is 2.97. The molecule has 0 bridgehead atoms. The van der Waals surface area contributed by atoms with Gasteiger partial charge in [-0.3, -0.25) is 0 Å². The summed E-state index contributed by atoms with van der Waals surface area (Å²) in [5.41, 5.74) is 0.677. The van der Waals surface area contributed by atoms with Gasteiger partial charge in [0.2, 0.25) is 0 Å². The summed E-state index contributed by atoms with van der Waals surface area (Å²) >= 11 is 10.9. The predicted molar refractivity (Wildman–Crippen MR) is 55.6 cm³/mol. The molecule has 3 nitrogen and oxygen atoms in total. The van der Waals surface area contributed by atoms with Crippen LogP contribution in [0, 0.1) is 0 Å². The first-order valence-electron chi connectivity index (χ1n) is 3.78. The van der Waals surface area contributed by atoms with Crippen LogP contribution < -0.4 is 0 Å². The zero-order chi connectivity index (χ0) is 10.4. The minimum atomic E-state index is -0.638. The van der Waals surface area contributed by atoms with E-state index >= 15 is 0 Å². The first-order valence-corrected chi connectivity index (χ1v) is 4.70. The van der Waals surface area contributed by atoms with E-state index in [1.807, 2.05) is 6.07 Å². The predicted octanol–water partition coefficient (Wildman–Crippen LogP) is 2.37. The lowest BCUT2D eigenvalue weighted by atomic mass is 10.2. The van der Waals surface area contributed by atoms with Crippen molar-refractivity contribution in [2.24, 2.45) is 5.16 Å². The van der Waals surface area contributed by atoms with Crippen molar-refractivity contribution >= 4 is 34.3 Å². The third kappa shape index (κ3) is 3.36. The fourth-order valence-corrected chi connectivity index (χ4v) is 0.953. The fraction of sp³-hybridized carbons (Fsp3) is 0.111. The highest BCUT2D eigenvalue weighted by atomic mass is 35.5. The molecule has 0 atom stereocenters. The van der Waals surface area contributed by atoms with Crippen LogP contribution in [0.2, 0.25) is 0 Å². The molecule has 0 unspecified atom stereocenters. The average Bonchev–Trinajstić information content (AvgIpc) is 2.26. The molecule has 1 aromatic rings. The highest BCUT2D eigenvalue weighted by molar-refractivity contribution is 6.69. The largest absolute Gasteiger partial charge is 0.349 e. The molecule has 0 saturated heterocycles. The second-order valence-electron chi connectivity index (χ2n) is 2.35. The zero-order valence-corrected chi connectivity index (χ0v) is 8.63. The van der Waals surface area contributed by atoms with E-state index in [4.69, 9.17) is 23.2 Å². The molecule has 5 heteroatoms. The van der Waals surface area contributed by atoms with E-state index in [-0.39, 0.29) is 11.1 Å². The lowest BCUT2D eigenvalue weighted by Gasteiger charge is -1.96. The van der Waals surface area contributed by atoms with E-state index in [1.54, 1.807) is 24.3 Å². The summed E-state index contributed by atoms with van der Waals surface area (Å²) in [6.07, 6.45) is 0. The zero-order valence-electron chi connectivity index (χ0n) is 7.11. The summed E-state index contributed by atoms with van der Waals surface area (Å²) in [6.45, 7) is 0. The van der Waals surface area contributed by atoms with Crippen molar-refractivity contribution in [3.63, 3.8) is 0 Å². The van der Waals surface area contributed by atoms with Gasteiger partial charge in [-0.05, 0) is 0 Å². The normalized spacial score (nSPS) is 11.1. The van der Waals surface area contributed by atoms with Crippen molar-refractivity contribution in [1.82, 2.24) is 0 Å². The Kier molecular flexibility index (Phi) is 4.43. The Bertz CT molecular complexity index is 338. The summed E-state index contributed by atoms with van der Waals surface area (Å²) in [7, 11) is 0. The quantitative estimate of drug-likeness (QED) is 0.347. The smallest absolute Gasteiger partial charge is 0.315 e. The lowest BCUT2D eigenvalue weighted by Crippen LogP contribution is -2.02. The molecule has 0 N–H and O–H groups in total. The number of carbonyl (C=O) groups excluding carboxylic acids is 1. The number of hydrogen-bond acceptors (Lipinski definition) is 3. The van der Waals surface area contributed by atoms with Gasteiger partial charge in [0.25, 0.3) is 0 Å². The van der Waals surface area contributed by atoms with Gasteiger partial charge in [-0.1, -0.05) is 47.1 Å². The minimum Gasteiger partial charge on any atom is -0.315 e. The second kappa shape index (κ2) is 5.62. The summed E-state index contributed by atoms with van der Waals surface area (Å²) < 4.78 is 0. The molecule has 1 rings (SSSR count). The van der Waals surface area contributed by atoms with Gasteiger partial charge >= 0.3 is 5.97 Å². The molecule has 0 aromatic heterocycles. The van der Waals surface area contributed by atoms with Gasteiger partial charge in [0, 0.05) is 5.56 Å². The number of alkyl halides is 1. The van der Waals surface area contributed by atoms with Crippen molar-refractivity contribution in [3.8, 4) is 0 Å². The summed E-state index contributed by atoms with van der Waals surface area (Å²) in [5, 5.41) is 3.53. The van der Waals surface area contributed by atoms with E-state index in [0.717, 1.165) is 0 Å². The van der Waals surface area contributed by atoms with E-state index in [2.05, 4.69) is 9.99 Å². The molecule has 0 aliphatic carbocycles. The summed E-state index contributed by atoms with van der Waals surface area (Å²) in [4.78, 5) is 15.0. The van der Waals surface area contributed by atoms with Crippen LogP contribution in [0.25, 0.3) is 0 Å². The van der Waals surface area contributed by atoms with Crippen molar-refractivity contribution < 1.29 is 9.63 Å². The van der Waals surface area contributed by atoms with Crippen LogP contribution in [-0.2, 0) is 9.63 Å². The maximum atomic E-state index is 10.6. The summed E-state index contributed by atoms with van der Waals surface area (Å²) in [6, 6.07) is 8.95. The van der Waals surface area contributed by atoms with Gasteiger partial charge in [0.1, 0.15) is 5.88 Å². The molecule has 0 heterocycles. The van der Waals surface area contributed by atoms with Gasteiger partial charge in [0.15, 0.2) is 5.17 Å². The van der Waals surface area contributed by atoms with Gasteiger partial charge in [0.05, 0.1) is 0 Å². The Hall–Kier alpha value is -1.06. The van der Waals surface area contributed by atoms with Crippen LogP contribution in [-0.4, -0.2) is 17.0 Å². The molecule has 0 saturated carbocycles. The molecule has 1 aromatic carbocycles. The van der Waals surface area contributed by atoms with Crippen molar-refractivity contribution in [1.29, 1.82) is 0 Å². The Morgan fingerprint density at radius 1 is 1.36 bits per heavy atom. The molecule has 0 radical (unpaired) electrons. The highest BCUT2D eigenvalue weighted by Gasteiger charge is 2.02. The number of halogens is 2. The Morgan fingerprint density at radius 3 is 2.57 bits per heavy atom. The molecule has 0 fully saturated rings. The van der Waals surface area contributed by atoms with E-state index in [1.165, 1.54) is 0 Å². The maximum Gasteiger partial charge on any atom is 0.349 e. The Labute approximate surface area is 91.3 Å². The van der Waals surface area contributed by atoms with Crippen molar-refractivity contribution in [2.75, 3.05) is 5.88 Å². The van der Waals surface area contributed by atoms with Crippen molar-refractivity contribution in [2.45, 2.75) is 0 Å². The monoisotopic (exact) mass is 231 g/mol. The molecular formula is C9H7Cl2NO2. The highest BCUT2D eigenvalue weighted by Crippen LogP contribution is 2.04. The van der Waals surface area contributed by atoms with Crippen LogP contribution in [0.5, 0.6) is 0 Å². The van der Waals surface area contributed by atoms with Crippen LogP contribution in [0.4, 0.5) is 0 Å². The maximum absolute atomic E-state index is 10.6. The van der Waals surface area contributed by atoms with Crippen LogP contribution >= 0.6 is 23.2 Å². The van der Waals surface area contributed by atoms with Gasteiger partial charge in [-0.15, -0.1) is 11.6 Å². The first-order chi connectivity index (χ1) is 6.74. The van der Waals surface area contributed by atoms with Gasteiger partial charge in [-0.25, -0.2) is 4.79 Å². The van der Waals surface area contributed by atoms with E-state index in [0.29, 0.717) is 5.56 Å². The van der Waals surface area contributed by atoms with Gasteiger partial charge < -0.3 is 4.84 Å². The molecular weight excluding hydrogens is 225 g/mol. The standard InChI is InChI=1S/C9H7Cl2NO2/c10-6-8(13)14-12-9(11)7-4-2-1-3-5-7/h1-5H,6H2/b12-9+. The Balaban J connectivity index is 2.66. The first kappa shape index (κ1) is 11.0. The number of carbonyl (C=O) groups is 1. The number of oxime groups is 1. The third-order valence-corrected chi connectivity index (χ3v) is 1.85. The average molecular weight is 232 g/mol. The van der Waals surface area contributed by atoms with Crippen LogP contribution in [0.1, 0.15) is 5.56 Å². The topological polar surface area (TPSA) is 38.7 Å². The molecule has 0 spiro atoms. The van der Waals surface area contributed by atoms with E-state index in [9.17, 15) is 4.79 Å². The molecule has 0 aliphatic rings. The Morgan fingerprint density at radius 2 is 2.00 bits per heavy atom. The number of rotatable bonds is 3. The number of nitrogens with zero attached hydrogens (tertiary/aromatic N) is 1. The molecule has 74 valence electrons. The fourth-order valence-electron chi connectivity index (χ4n) is 0.744. The third-order valence-electron chi connectivity index (χ3n) is 1.35. The molecule has 0 aliphatic heterocycles. The lowest BCUT2D eigenvalue weighted by molar-refractivity contribution is -0.140. The minimum absolute atomic E-state index is 0.115. The summed E-state index contributed by atoms with van der Waals surface area (Å²) in [5.74, 6) is -0.886. The van der Waals surface area contributed by atoms with Crippen LogP contribution in [0.3, 0.4) is 0 Å². The van der Waals surface area contributed by atoms with Crippen LogP contribution in [0.15, 0.2) is 35.5 Å². The number of hydrogen-bond donors (Lipinski definition) is 0. The van der Waals surface area contributed by atoms with Gasteiger partial charge in [-0.2, -0.15) is 0 Å². The van der Waals surface area contributed by atoms with E-state index < -0.39 is 5.97 Å². The molecule has 0 amide bonds.